The molecule has 1 aliphatic heterocycles. The van der Waals surface area contributed by atoms with Gasteiger partial charge in [0.1, 0.15) is 11.5 Å². The second-order valence-electron chi connectivity index (χ2n) is 6.65. The molecule has 27 heavy (non-hydrogen) atoms. The zero-order valence-corrected chi connectivity index (χ0v) is 14.7. The topological polar surface area (TPSA) is 85.4 Å². The number of hydrogen-bond acceptors (Lipinski definition) is 5. The number of pyridine rings is 1. The highest BCUT2D eigenvalue weighted by Crippen LogP contribution is 2.29. The summed E-state index contributed by atoms with van der Waals surface area (Å²) in [6.07, 6.45) is 5.67. The van der Waals surface area contributed by atoms with E-state index in [0.717, 1.165) is 27.5 Å². The van der Waals surface area contributed by atoms with Crippen molar-refractivity contribution in [1.82, 2.24) is 4.98 Å². The van der Waals surface area contributed by atoms with E-state index in [1.807, 2.05) is 42.6 Å². The molecule has 0 radical (unpaired) electrons. The minimum atomic E-state index is -0.932. The Labute approximate surface area is 157 Å². The monoisotopic (exact) mass is 358 g/mol. The Kier molecular flexibility index (Phi) is 4.75. The first-order chi connectivity index (χ1) is 13.1. The number of nitrogens with zero attached hydrogens (tertiary/aromatic N) is 1. The molecule has 1 aliphatic rings. The number of ketones is 1. The average Bonchev–Trinajstić information content (AvgIpc) is 2.68. The molecular formula is C21H19BN2O3. The van der Waals surface area contributed by atoms with Crippen molar-refractivity contribution in [3.05, 3.63) is 77.5 Å². The van der Waals surface area contributed by atoms with Crippen molar-refractivity contribution in [2.45, 2.75) is 12.3 Å². The van der Waals surface area contributed by atoms with E-state index in [-0.39, 0.29) is 18.2 Å². The summed E-state index contributed by atoms with van der Waals surface area (Å²) in [6, 6.07) is 13.4. The molecule has 4 rings (SSSR count). The van der Waals surface area contributed by atoms with Crippen molar-refractivity contribution in [2.75, 3.05) is 6.54 Å². The summed E-state index contributed by atoms with van der Waals surface area (Å²) in [4.78, 5) is 17.0. The molecule has 2 aromatic carbocycles. The number of Topliss-reactive ketones (excluding diaryl/α,β-unsaturated/α-hetero) is 1. The van der Waals surface area contributed by atoms with E-state index in [1.165, 1.54) is 0 Å². The quantitative estimate of drug-likeness (QED) is 0.685. The van der Waals surface area contributed by atoms with Gasteiger partial charge in [0.15, 0.2) is 0 Å². The number of hydrogen-bond donors (Lipinski definition) is 2. The smallest absolute Gasteiger partial charge is 0.532 e. The number of benzene rings is 2. The number of carbonyl (C=O) groups is 1. The van der Waals surface area contributed by atoms with Gasteiger partial charge in [-0.05, 0) is 40.7 Å². The Morgan fingerprint density at radius 3 is 2.93 bits per heavy atom. The highest BCUT2D eigenvalue weighted by Gasteiger charge is 2.23. The van der Waals surface area contributed by atoms with E-state index in [9.17, 15) is 9.82 Å². The minimum absolute atomic E-state index is 0.0756. The van der Waals surface area contributed by atoms with Crippen molar-refractivity contribution in [1.29, 1.82) is 0 Å². The van der Waals surface area contributed by atoms with E-state index in [0.29, 0.717) is 12.2 Å². The molecule has 0 aliphatic carbocycles. The predicted octanol–water partition coefficient (Wildman–Crippen LogP) is 2.51. The Balaban J connectivity index is 1.57. The van der Waals surface area contributed by atoms with Crippen LogP contribution in [0.15, 0.2) is 60.8 Å². The normalized spacial score (nSPS) is 13.9. The summed E-state index contributed by atoms with van der Waals surface area (Å²) in [6.45, 7) is 0.238. The molecule has 134 valence electrons. The molecule has 0 fully saturated rings. The highest BCUT2D eigenvalue weighted by molar-refractivity contribution is 6.51. The molecule has 5 nitrogen and oxygen atoms in total. The number of fused-ring (bicyclic) bond motifs is 2. The summed E-state index contributed by atoms with van der Waals surface area (Å²) in [5, 5.41) is 11.6. The van der Waals surface area contributed by atoms with E-state index in [1.54, 1.807) is 24.3 Å². The van der Waals surface area contributed by atoms with Gasteiger partial charge in [-0.15, -0.1) is 0 Å². The Hall–Kier alpha value is -2.96. The molecule has 2 heterocycles. The van der Waals surface area contributed by atoms with Crippen LogP contribution in [-0.4, -0.2) is 29.5 Å². The third kappa shape index (κ3) is 3.63. The van der Waals surface area contributed by atoms with Crippen LogP contribution in [0.4, 0.5) is 0 Å². The summed E-state index contributed by atoms with van der Waals surface area (Å²) in [7, 11) is -0.932. The Morgan fingerprint density at radius 1 is 1.19 bits per heavy atom. The van der Waals surface area contributed by atoms with Gasteiger partial charge >= 0.3 is 7.12 Å². The van der Waals surface area contributed by atoms with Gasteiger partial charge < -0.3 is 15.4 Å². The van der Waals surface area contributed by atoms with Gasteiger partial charge in [0, 0.05) is 36.3 Å². The molecule has 1 aromatic heterocycles. The second-order valence-corrected chi connectivity index (χ2v) is 6.65. The van der Waals surface area contributed by atoms with Crippen LogP contribution in [0, 0.1) is 0 Å². The molecule has 0 spiro atoms. The molecule has 0 bridgehead atoms. The fourth-order valence-corrected chi connectivity index (χ4v) is 3.40. The standard InChI is InChI=1S/C21H19BN2O3/c23-12-19(16-3-4-21-17(11-16)5-7-22(26)27-21)20(25)10-14-1-2-18-13-24-8-6-15(18)9-14/h1-9,11,13,19,26H,10,12,23H2/t19-/m1/s1. The summed E-state index contributed by atoms with van der Waals surface area (Å²) in [5.74, 6) is 1.85. The highest BCUT2D eigenvalue weighted by atomic mass is 16.5. The molecule has 3 N–H and O–H groups in total. The zero-order valence-electron chi connectivity index (χ0n) is 14.7. The molecule has 0 amide bonds. The van der Waals surface area contributed by atoms with Crippen LogP contribution in [-0.2, 0) is 11.2 Å². The number of rotatable bonds is 5. The van der Waals surface area contributed by atoms with E-state index < -0.39 is 7.12 Å². The van der Waals surface area contributed by atoms with Gasteiger partial charge in [-0.3, -0.25) is 9.78 Å². The third-order valence-corrected chi connectivity index (χ3v) is 4.83. The lowest BCUT2D eigenvalue weighted by Gasteiger charge is -2.19. The maximum atomic E-state index is 12.9. The fraction of sp³-hybridized carbons (Fsp3) is 0.143. The lowest BCUT2D eigenvalue weighted by atomic mass is 9.84. The van der Waals surface area contributed by atoms with E-state index in [2.05, 4.69) is 4.98 Å². The summed E-state index contributed by atoms with van der Waals surface area (Å²) < 4.78 is 5.34. The van der Waals surface area contributed by atoms with Crippen molar-refractivity contribution in [3.8, 4) is 5.75 Å². The van der Waals surface area contributed by atoms with Gasteiger partial charge in [-0.1, -0.05) is 30.3 Å². The van der Waals surface area contributed by atoms with Gasteiger partial charge in [-0.25, -0.2) is 0 Å². The summed E-state index contributed by atoms with van der Waals surface area (Å²) in [5.41, 5.74) is 8.58. The van der Waals surface area contributed by atoms with Crippen LogP contribution in [0.3, 0.4) is 0 Å². The molecule has 0 unspecified atom stereocenters. The van der Waals surface area contributed by atoms with Crippen molar-refractivity contribution in [3.63, 3.8) is 0 Å². The first-order valence-corrected chi connectivity index (χ1v) is 8.86. The third-order valence-electron chi connectivity index (χ3n) is 4.83. The summed E-state index contributed by atoms with van der Waals surface area (Å²) >= 11 is 0. The van der Waals surface area contributed by atoms with Gasteiger partial charge in [0.05, 0.1) is 5.92 Å². The minimum Gasteiger partial charge on any atom is -0.532 e. The predicted molar refractivity (Wildman–Crippen MR) is 106 cm³/mol. The van der Waals surface area contributed by atoms with Crippen LogP contribution in [0.5, 0.6) is 5.75 Å². The van der Waals surface area contributed by atoms with Crippen molar-refractivity contribution >= 4 is 29.8 Å². The maximum absolute atomic E-state index is 12.9. The van der Waals surface area contributed by atoms with Crippen LogP contribution < -0.4 is 10.4 Å². The van der Waals surface area contributed by atoms with Gasteiger partial charge in [-0.2, -0.15) is 0 Å². The van der Waals surface area contributed by atoms with Gasteiger partial charge in [0.25, 0.3) is 0 Å². The second kappa shape index (κ2) is 7.35. The Bertz CT molecular complexity index is 1030. The van der Waals surface area contributed by atoms with Gasteiger partial charge in [0.2, 0.25) is 0 Å². The largest absolute Gasteiger partial charge is 0.552 e. The van der Waals surface area contributed by atoms with Crippen LogP contribution in [0.25, 0.3) is 16.8 Å². The van der Waals surface area contributed by atoms with E-state index >= 15 is 0 Å². The molecule has 6 heteroatoms. The number of aromatic nitrogens is 1. The molecule has 1 atom stereocenters. The first-order valence-electron chi connectivity index (χ1n) is 8.86. The van der Waals surface area contributed by atoms with E-state index in [4.69, 9.17) is 10.4 Å². The number of nitrogens with two attached hydrogens (primary N) is 1. The fourth-order valence-electron chi connectivity index (χ4n) is 3.40. The lowest BCUT2D eigenvalue weighted by molar-refractivity contribution is -0.119. The van der Waals surface area contributed by atoms with Crippen LogP contribution >= 0.6 is 0 Å². The van der Waals surface area contributed by atoms with Crippen LogP contribution in [0.2, 0.25) is 0 Å². The average molecular weight is 358 g/mol. The van der Waals surface area contributed by atoms with Crippen LogP contribution in [0.1, 0.15) is 22.6 Å². The van der Waals surface area contributed by atoms with Crippen molar-refractivity contribution < 1.29 is 14.5 Å². The molecule has 0 saturated carbocycles. The SMILES string of the molecule is NC[C@@H](C(=O)Cc1ccc2cnccc2c1)c1ccc2c(c1)C=CB(O)O2. The molecule has 3 aromatic rings. The molecule has 0 saturated heterocycles. The lowest BCUT2D eigenvalue weighted by Crippen LogP contribution is -2.24. The zero-order chi connectivity index (χ0) is 18.8. The first kappa shape index (κ1) is 17.5. The maximum Gasteiger partial charge on any atom is 0.552 e. The van der Waals surface area contributed by atoms with Crippen molar-refractivity contribution in [2.24, 2.45) is 5.73 Å². The number of carbonyl (C=O) groups excluding carboxylic acids is 1. The molecular weight excluding hydrogens is 339 g/mol. The Morgan fingerprint density at radius 2 is 2.07 bits per heavy atom.